The van der Waals surface area contributed by atoms with Crippen molar-refractivity contribution in [2.24, 2.45) is 0 Å². The molecule has 3 aromatic carbocycles. The van der Waals surface area contributed by atoms with E-state index in [2.05, 4.69) is 0 Å². The van der Waals surface area contributed by atoms with Crippen molar-refractivity contribution in [2.45, 2.75) is 18.2 Å². The summed E-state index contributed by atoms with van der Waals surface area (Å²) in [6.45, 7) is 2.05. The second-order valence-corrected chi connectivity index (χ2v) is 7.22. The lowest BCUT2D eigenvalue weighted by molar-refractivity contribution is 0.596. The normalized spacial score (nSPS) is 11.2. The van der Waals surface area contributed by atoms with Crippen LogP contribution in [0.1, 0.15) is 12.5 Å². The van der Waals surface area contributed by atoms with Crippen molar-refractivity contribution in [1.82, 2.24) is 0 Å². The Kier molecular flexibility index (Phi) is 4.67. The summed E-state index contributed by atoms with van der Waals surface area (Å²) in [4.78, 5) is 0.285. The molecule has 3 rings (SSSR count). The molecule has 24 heavy (non-hydrogen) atoms. The quantitative estimate of drug-likeness (QED) is 0.672. The lowest BCUT2D eigenvalue weighted by Crippen LogP contribution is -2.26. The Morgan fingerprint density at radius 1 is 0.708 bits per heavy atom. The van der Waals surface area contributed by atoms with Crippen LogP contribution in [0.25, 0.3) is 0 Å². The maximum absolute atomic E-state index is 13.3. The summed E-state index contributed by atoms with van der Waals surface area (Å²) in [5.41, 5.74) is 2.34. The van der Waals surface area contributed by atoms with Gasteiger partial charge in [0.25, 0.3) is 10.0 Å². The molecule has 0 radical (unpaired) electrons. The first-order valence-corrected chi connectivity index (χ1v) is 9.31. The van der Waals surface area contributed by atoms with Crippen LogP contribution in [0.4, 0.5) is 11.4 Å². The van der Waals surface area contributed by atoms with E-state index in [9.17, 15) is 8.42 Å². The van der Waals surface area contributed by atoms with Gasteiger partial charge < -0.3 is 0 Å². The van der Waals surface area contributed by atoms with E-state index in [1.165, 1.54) is 4.31 Å². The number of nitrogens with zero attached hydrogens (tertiary/aromatic N) is 1. The number of sulfonamides is 1. The number of rotatable bonds is 5. The van der Waals surface area contributed by atoms with Gasteiger partial charge in [-0.05, 0) is 48.4 Å². The fourth-order valence-electron chi connectivity index (χ4n) is 2.56. The minimum absolute atomic E-state index is 0.285. The third kappa shape index (κ3) is 3.19. The van der Waals surface area contributed by atoms with E-state index in [-0.39, 0.29) is 4.90 Å². The fraction of sp³-hybridized carbons (Fsp3) is 0.100. The number of aryl methyl sites for hydroxylation is 1. The molecule has 0 fully saturated rings. The SMILES string of the molecule is CCc1ccc(S(=O)(=O)N(c2ccccc2)c2ccccc2)cc1. The van der Waals surface area contributed by atoms with Gasteiger partial charge in [-0.1, -0.05) is 55.5 Å². The van der Waals surface area contributed by atoms with E-state index in [0.29, 0.717) is 11.4 Å². The standard InChI is InChI=1S/C20H19NO2S/c1-2-17-13-15-20(16-14-17)24(22,23)21(18-9-5-3-6-10-18)19-11-7-4-8-12-19/h3-16H,2H2,1H3. The summed E-state index contributed by atoms with van der Waals surface area (Å²) in [6, 6.07) is 25.3. The Morgan fingerprint density at radius 2 is 1.17 bits per heavy atom. The van der Waals surface area contributed by atoms with Gasteiger partial charge in [0.15, 0.2) is 0 Å². The molecule has 0 saturated heterocycles. The highest BCUT2D eigenvalue weighted by Gasteiger charge is 2.26. The molecule has 0 amide bonds. The lowest BCUT2D eigenvalue weighted by Gasteiger charge is -2.24. The molecule has 0 atom stereocenters. The number of anilines is 2. The molecule has 3 nitrogen and oxygen atoms in total. The molecule has 0 aliphatic carbocycles. The summed E-state index contributed by atoms with van der Waals surface area (Å²) in [7, 11) is -3.70. The molecule has 0 bridgehead atoms. The molecule has 0 aliphatic rings. The van der Waals surface area contributed by atoms with Crippen LogP contribution >= 0.6 is 0 Å². The maximum atomic E-state index is 13.3. The number of hydrogen-bond acceptors (Lipinski definition) is 2. The molecule has 0 aliphatic heterocycles. The Hall–Kier alpha value is -2.59. The molecule has 122 valence electrons. The molecule has 0 aromatic heterocycles. The van der Waals surface area contributed by atoms with E-state index < -0.39 is 10.0 Å². The van der Waals surface area contributed by atoms with E-state index in [4.69, 9.17) is 0 Å². The summed E-state index contributed by atoms with van der Waals surface area (Å²) in [6.07, 6.45) is 0.876. The van der Waals surface area contributed by atoms with Gasteiger partial charge in [0.1, 0.15) is 0 Å². The van der Waals surface area contributed by atoms with E-state index in [1.54, 1.807) is 36.4 Å². The average Bonchev–Trinajstić information content (AvgIpc) is 2.63. The average molecular weight is 337 g/mol. The lowest BCUT2D eigenvalue weighted by atomic mass is 10.2. The van der Waals surface area contributed by atoms with Crippen molar-refractivity contribution < 1.29 is 8.42 Å². The summed E-state index contributed by atoms with van der Waals surface area (Å²) >= 11 is 0. The largest absolute Gasteiger partial charge is 0.268 e. The highest BCUT2D eigenvalue weighted by molar-refractivity contribution is 7.93. The van der Waals surface area contributed by atoms with Gasteiger partial charge in [-0.2, -0.15) is 0 Å². The minimum atomic E-state index is -3.70. The highest BCUT2D eigenvalue weighted by Crippen LogP contribution is 2.32. The van der Waals surface area contributed by atoms with Gasteiger partial charge in [-0.25, -0.2) is 12.7 Å². The van der Waals surface area contributed by atoms with Gasteiger partial charge in [-0.3, -0.25) is 0 Å². The minimum Gasteiger partial charge on any atom is -0.235 e. The van der Waals surface area contributed by atoms with Crippen molar-refractivity contribution in [1.29, 1.82) is 0 Å². The zero-order chi connectivity index (χ0) is 17.0. The van der Waals surface area contributed by atoms with Crippen LogP contribution in [0, 0.1) is 0 Å². The Balaban J connectivity index is 2.14. The molecule has 3 aromatic rings. The molecular formula is C20H19NO2S. The van der Waals surface area contributed by atoms with Gasteiger partial charge >= 0.3 is 0 Å². The van der Waals surface area contributed by atoms with Gasteiger partial charge in [0, 0.05) is 0 Å². The summed E-state index contributed by atoms with van der Waals surface area (Å²) in [5, 5.41) is 0. The molecule has 0 unspecified atom stereocenters. The van der Waals surface area contributed by atoms with Crippen molar-refractivity contribution >= 4 is 21.4 Å². The number of hydrogen-bond donors (Lipinski definition) is 0. The Bertz CT molecular complexity index is 850. The van der Waals surface area contributed by atoms with Crippen LogP contribution in [-0.2, 0) is 16.4 Å². The van der Waals surface area contributed by atoms with Gasteiger partial charge in [0.05, 0.1) is 16.3 Å². The molecule has 0 saturated carbocycles. The van der Waals surface area contributed by atoms with Crippen molar-refractivity contribution in [3.05, 3.63) is 90.5 Å². The molecule has 0 spiro atoms. The predicted molar refractivity (Wildman–Crippen MR) is 98.0 cm³/mol. The van der Waals surface area contributed by atoms with E-state index in [1.807, 2.05) is 55.5 Å². The monoisotopic (exact) mass is 337 g/mol. The molecular weight excluding hydrogens is 318 g/mol. The Labute approximate surface area is 143 Å². The van der Waals surface area contributed by atoms with Crippen LogP contribution in [-0.4, -0.2) is 8.42 Å². The van der Waals surface area contributed by atoms with Crippen LogP contribution in [0.15, 0.2) is 89.8 Å². The molecule has 0 heterocycles. The fourth-order valence-corrected chi connectivity index (χ4v) is 4.05. The van der Waals surface area contributed by atoms with Crippen molar-refractivity contribution in [2.75, 3.05) is 4.31 Å². The van der Waals surface area contributed by atoms with Crippen LogP contribution in [0.5, 0.6) is 0 Å². The van der Waals surface area contributed by atoms with Gasteiger partial charge in [0.2, 0.25) is 0 Å². The first-order valence-electron chi connectivity index (χ1n) is 7.87. The number of para-hydroxylation sites is 2. The van der Waals surface area contributed by atoms with E-state index >= 15 is 0 Å². The molecule has 0 N–H and O–H groups in total. The predicted octanol–water partition coefficient (Wildman–Crippen LogP) is 4.78. The maximum Gasteiger partial charge on any atom is 0.268 e. The zero-order valence-electron chi connectivity index (χ0n) is 13.5. The van der Waals surface area contributed by atoms with Crippen molar-refractivity contribution in [3.8, 4) is 0 Å². The highest BCUT2D eigenvalue weighted by atomic mass is 32.2. The second-order valence-electron chi connectivity index (χ2n) is 5.44. The first kappa shape index (κ1) is 16.3. The zero-order valence-corrected chi connectivity index (χ0v) is 14.3. The second kappa shape index (κ2) is 6.89. The van der Waals surface area contributed by atoms with Crippen LogP contribution in [0.3, 0.4) is 0 Å². The van der Waals surface area contributed by atoms with E-state index in [0.717, 1.165) is 12.0 Å². The Morgan fingerprint density at radius 3 is 1.58 bits per heavy atom. The van der Waals surface area contributed by atoms with Gasteiger partial charge in [-0.15, -0.1) is 0 Å². The topological polar surface area (TPSA) is 37.4 Å². The van der Waals surface area contributed by atoms with Crippen LogP contribution in [0.2, 0.25) is 0 Å². The molecule has 4 heteroatoms. The summed E-state index contributed by atoms with van der Waals surface area (Å²) < 4.78 is 27.9. The first-order chi connectivity index (χ1) is 11.6. The third-order valence-electron chi connectivity index (χ3n) is 3.85. The van der Waals surface area contributed by atoms with Crippen molar-refractivity contribution in [3.63, 3.8) is 0 Å². The smallest absolute Gasteiger partial charge is 0.235 e. The number of benzene rings is 3. The summed E-state index contributed by atoms with van der Waals surface area (Å²) in [5.74, 6) is 0. The third-order valence-corrected chi connectivity index (χ3v) is 5.62. The van der Waals surface area contributed by atoms with Crippen LogP contribution < -0.4 is 4.31 Å².